The standard InChI is InChI=1S/C14H20O3/c1-5-6-8-9-7-10(14(9,2)3)12(15)11(8)13(16)17-4/h9-10H,5-7H2,1-4H3/t9-,10-/m1/s1. The number of ether oxygens (including phenoxy) is 1. The fourth-order valence-electron chi connectivity index (χ4n) is 3.37. The molecule has 1 saturated carbocycles. The number of hydrogen-bond acceptors (Lipinski definition) is 3. The minimum Gasteiger partial charge on any atom is -0.465 e. The van der Waals surface area contributed by atoms with Gasteiger partial charge in [-0.25, -0.2) is 4.79 Å². The Morgan fingerprint density at radius 1 is 1.41 bits per heavy atom. The van der Waals surface area contributed by atoms with Crippen LogP contribution < -0.4 is 0 Å². The van der Waals surface area contributed by atoms with Crippen LogP contribution in [0.4, 0.5) is 0 Å². The summed E-state index contributed by atoms with van der Waals surface area (Å²) in [5.74, 6) is -0.0297. The maximum atomic E-state index is 12.3. The molecule has 0 aromatic rings. The second kappa shape index (κ2) is 3.97. The Morgan fingerprint density at radius 2 is 2.06 bits per heavy atom. The van der Waals surface area contributed by atoms with E-state index in [1.54, 1.807) is 0 Å². The summed E-state index contributed by atoms with van der Waals surface area (Å²) in [6.45, 7) is 6.34. The van der Waals surface area contributed by atoms with E-state index in [1.165, 1.54) is 7.11 Å². The molecule has 0 spiro atoms. The summed E-state index contributed by atoms with van der Waals surface area (Å²) in [6, 6.07) is 0. The number of Topliss-reactive ketones (excluding diaryl/α,β-unsaturated/α-hetero) is 1. The van der Waals surface area contributed by atoms with Gasteiger partial charge in [-0.3, -0.25) is 4.79 Å². The molecule has 94 valence electrons. The molecular formula is C14H20O3. The van der Waals surface area contributed by atoms with Gasteiger partial charge in [-0.05, 0) is 29.7 Å². The largest absolute Gasteiger partial charge is 0.465 e. The highest BCUT2D eigenvalue weighted by Crippen LogP contribution is 2.60. The van der Waals surface area contributed by atoms with E-state index in [9.17, 15) is 9.59 Å². The normalized spacial score (nSPS) is 30.0. The minimum atomic E-state index is -0.441. The number of carbonyl (C=O) groups is 2. The fraction of sp³-hybridized carbons (Fsp3) is 0.714. The van der Waals surface area contributed by atoms with Crippen LogP contribution in [0.15, 0.2) is 11.1 Å². The first-order valence-corrected chi connectivity index (χ1v) is 6.30. The van der Waals surface area contributed by atoms with Crippen molar-refractivity contribution in [1.82, 2.24) is 0 Å². The van der Waals surface area contributed by atoms with Gasteiger partial charge in [0.1, 0.15) is 5.57 Å². The monoisotopic (exact) mass is 236 g/mol. The lowest BCUT2D eigenvalue weighted by Crippen LogP contribution is -2.55. The summed E-state index contributed by atoms with van der Waals surface area (Å²) < 4.78 is 4.76. The van der Waals surface area contributed by atoms with Crippen LogP contribution in [-0.2, 0) is 14.3 Å². The molecule has 0 aliphatic heterocycles. The average molecular weight is 236 g/mol. The number of fused-ring (bicyclic) bond motifs is 1. The molecule has 0 unspecified atom stereocenters. The van der Waals surface area contributed by atoms with Gasteiger partial charge in [-0.2, -0.15) is 0 Å². The first-order chi connectivity index (χ1) is 7.95. The Hall–Kier alpha value is -1.12. The highest BCUT2D eigenvalue weighted by atomic mass is 16.5. The van der Waals surface area contributed by atoms with Crippen molar-refractivity contribution < 1.29 is 14.3 Å². The van der Waals surface area contributed by atoms with E-state index >= 15 is 0 Å². The van der Waals surface area contributed by atoms with Gasteiger partial charge in [0.15, 0.2) is 5.78 Å². The lowest BCUT2D eigenvalue weighted by molar-refractivity contribution is -0.145. The van der Waals surface area contributed by atoms with Crippen molar-refractivity contribution >= 4 is 11.8 Å². The smallest absolute Gasteiger partial charge is 0.341 e. The van der Waals surface area contributed by atoms with E-state index in [2.05, 4.69) is 20.8 Å². The molecule has 3 heteroatoms. The Bertz CT molecular complexity index is 404. The molecular weight excluding hydrogens is 216 g/mol. The maximum absolute atomic E-state index is 12.3. The molecule has 1 fully saturated rings. The van der Waals surface area contributed by atoms with Crippen LogP contribution in [-0.4, -0.2) is 18.9 Å². The molecule has 3 rings (SSSR count). The van der Waals surface area contributed by atoms with Crippen LogP contribution in [0.25, 0.3) is 0 Å². The molecule has 0 saturated heterocycles. The summed E-state index contributed by atoms with van der Waals surface area (Å²) in [4.78, 5) is 24.0. The zero-order chi connectivity index (χ0) is 12.8. The van der Waals surface area contributed by atoms with Crippen molar-refractivity contribution in [2.24, 2.45) is 17.3 Å². The maximum Gasteiger partial charge on any atom is 0.341 e. The Kier molecular flexibility index (Phi) is 2.88. The average Bonchev–Trinajstić information content (AvgIpc) is 2.27. The molecule has 17 heavy (non-hydrogen) atoms. The molecule has 3 aliphatic rings. The van der Waals surface area contributed by atoms with Crippen molar-refractivity contribution in [2.75, 3.05) is 7.11 Å². The Balaban J connectivity index is 2.47. The third-order valence-corrected chi connectivity index (χ3v) is 4.48. The molecule has 0 heterocycles. The first-order valence-electron chi connectivity index (χ1n) is 6.30. The minimum absolute atomic E-state index is 0.00722. The van der Waals surface area contributed by atoms with Crippen LogP contribution in [0.5, 0.6) is 0 Å². The number of carbonyl (C=O) groups excluding carboxylic acids is 2. The predicted molar refractivity (Wildman–Crippen MR) is 64.3 cm³/mol. The van der Waals surface area contributed by atoms with Crippen molar-refractivity contribution in [3.63, 3.8) is 0 Å². The van der Waals surface area contributed by atoms with Crippen molar-refractivity contribution in [3.8, 4) is 0 Å². The second-order valence-corrected chi connectivity index (χ2v) is 5.67. The fourth-order valence-corrected chi connectivity index (χ4v) is 3.37. The second-order valence-electron chi connectivity index (χ2n) is 5.67. The summed E-state index contributed by atoms with van der Waals surface area (Å²) in [5, 5.41) is 0. The number of esters is 1. The topological polar surface area (TPSA) is 43.4 Å². The zero-order valence-electron chi connectivity index (χ0n) is 11.0. The molecule has 0 N–H and O–H groups in total. The van der Waals surface area contributed by atoms with Crippen LogP contribution in [0.1, 0.15) is 40.0 Å². The summed E-state index contributed by atoms with van der Waals surface area (Å²) in [6.07, 6.45) is 2.71. The highest BCUT2D eigenvalue weighted by molar-refractivity contribution is 6.20. The molecule has 3 aliphatic carbocycles. The van der Waals surface area contributed by atoms with Crippen molar-refractivity contribution in [1.29, 1.82) is 0 Å². The van der Waals surface area contributed by atoms with Crippen LogP contribution in [0.3, 0.4) is 0 Å². The molecule has 0 amide bonds. The van der Waals surface area contributed by atoms with Gasteiger partial charge in [0.25, 0.3) is 0 Å². The molecule has 2 atom stereocenters. The summed E-state index contributed by atoms with van der Waals surface area (Å²) >= 11 is 0. The predicted octanol–water partition coefficient (Wildman–Crippen LogP) is 2.50. The van der Waals surface area contributed by atoms with Gasteiger partial charge in [-0.1, -0.05) is 27.2 Å². The highest BCUT2D eigenvalue weighted by Gasteiger charge is 2.58. The van der Waals surface area contributed by atoms with Crippen molar-refractivity contribution in [2.45, 2.75) is 40.0 Å². The Morgan fingerprint density at radius 3 is 2.53 bits per heavy atom. The van der Waals surface area contributed by atoms with Gasteiger partial charge in [0.2, 0.25) is 0 Å². The van der Waals surface area contributed by atoms with Crippen LogP contribution in [0, 0.1) is 17.3 Å². The van der Waals surface area contributed by atoms with Gasteiger partial charge < -0.3 is 4.74 Å². The van der Waals surface area contributed by atoms with E-state index in [-0.39, 0.29) is 17.1 Å². The summed E-state index contributed by atoms with van der Waals surface area (Å²) in [5.41, 5.74) is 1.42. The number of ketones is 1. The van der Waals surface area contributed by atoms with Crippen molar-refractivity contribution in [3.05, 3.63) is 11.1 Å². The molecule has 3 nitrogen and oxygen atoms in total. The van der Waals surface area contributed by atoms with Gasteiger partial charge in [0, 0.05) is 5.92 Å². The lowest BCUT2D eigenvalue weighted by Gasteiger charge is -2.56. The van der Waals surface area contributed by atoms with E-state index in [4.69, 9.17) is 4.74 Å². The third-order valence-electron chi connectivity index (χ3n) is 4.48. The lowest BCUT2D eigenvalue weighted by atomic mass is 9.46. The van der Waals surface area contributed by atoms with Crippen LogP contribution >= 0.6 is 0 Å². The van der Waals surface area contributed by atoms with Gasteiger partial charge in [0.05, 0.1) is 7.11 Å². The third kappa shape index (κ3) is 1.55. The molecule has 0 aromatic carbocycles. The number of rotatable bonds is 3. The molecule has 0 aromatic heterocycles. The first kappa shape index (κ1) is 12.3. The SMILES string of the molecule is CCCC1=C(C(=O)OC)C(=O)[C@H]2C[C@H]1C2(C)C. The zero-order valence-corrected chi connectivity index (χ0v) is 11.0. The van der Waals surface area contributed by atoms with Gasteiger partial charge >= 0.3 is 5.97 Å². The molecule has 0 radical (unpaired) electrons. The Labute approximate surface area is 102 Å². The van der Waals surface area contributed by atoms with E-state index in [1.807, 2.05) is 0 Å². The number of methoxy groups -OCH3 is 1. The van der Waals surface area contributed by atoms with E-state index in [0.29, 0.717) is 11.5 Å². The quantitative estimate of drug-likeness (QED) is 0.558. The van der Waals surface area contributed by atoms with Crippen LogP contribution in [0.2, 0.25) is 0 Å². The summed E-state index contributed by atoms with van der Waals surface area (Å²) in [7, 11) is 1.34. The van der Waals surface area contributed by atoms with Gasteiger partial charge in [-0.15, -0.1) is 0 Å². The number of hydrogen-bond donors (Lipinski definition) is 0. The molecule has 2 bridgehead atoms. The number of allylic oxidation sites excluding steroid dienone is 1. The van der Waals surface area contributed by atoms with E-state index in [0.717, 1.165) is 24.8 Å². The van der Waals surface area contributed by atoms with E-state index < -0.39 is 5.97 Å².